The topological polar surface area (TPSA) is 86.6 Å². The van der Waals surface area contributed by atoms with E-state index in [0.717, 1.165) is 18.4 Å². The number of carboxylic acid groups (broad SMARTS) is 1. The number of carbonyl (C=O) groups excluding carboxylic acids is 1. The average Bonchev–Trinajstić information content (AvgIpc) is 2.53. The van der Waals surface area contributed by atoms with Crippen molar-refractivity contribution < 1.29 is 19.8 Å². The van der Waals surface area contributed by atoms with Crippen LogP contribution in [0, 0.1) is 11.8 Å². The van der Waals surface area contributed by atoms with E-state index < -0.39 is 23.8 Å². The second-order valence-corrected chi connectivity index (χ2v) is 5.49. The molecule has 114 valence electrons. The third-order valence-electron chi connectivity index (χ3n) is 4.12. The molecule has 21 heavy (non-hydrogen) atoms. The number of hydrogen-bond donors (Lipinski definition) is 3. The van der Waals surface area contributed by atoms with Crippen molar-refractivity contribution in [3.05, 3.63) is 35.9 Å². The highest BCUT2D eigenvalue weighted by molar-refractivity contribution is 5.85. The quantitative estimate of drug-likeness (QED) is 0.771. The summed E-state index contributed by atoms with van der Waals surface area (Å²) in [6.45, 7) is -0.208. The number of benzene rings is 1. The van der Waals surface area contributed by atoms with Crippen LogP contribution in [0.4, 0.5) is 0 Å². The largest absolute Gasteiger partial charge is 0.481 e. The molecule has 1 aromatic carbocycles. The van der Waals surface area contributed by atoms with E-state index in [1.54, 1.807) is 0 Å². The summed E-state index contributed by atoms with van der Waals surface area (Å²) in [6.07, 6.45) is 2.86. The molecule has 1 saturated carbocycles. The van der Waals surface area contributed by atoms with Crippen molar-refractivity contribution in [1.82, 2.24) is 5.32 Å². The number of aliphatic hydroxyl groups excluding tert-OH is 1. The summed E-state index contributed by atoms with van der Waals surface area (Å²) in [7, 11) is 0. The zero-order chi connectivity index (χ0) is 15.2. The van der Waals surface area contributed by atoms with Crippen LogP contribution >= 0.6 is 0 Å². The highest BCUT2D eigenvalue weighted by atomic mass is 16.4. The second kappa shape index (κ2) is 7.22. The third-order valence-corrected chi connectivity index (χ3v) is 4.12. The lowest BCUT2D eigenvalue weighted by atomic mass is 9.78. The van der Waals surface area contributed by atoms with Gasteiger partial charge in [0.2, 0.25) is 5.91 Å². The summed E-state index contributed by atoms with van der Waals surface area (Å²) in [6, 6.07) is 8.71. The van der Waals surface area contributed by atoms with E-state index in [0.29, 0.717) is 12.8 Å². The molecule has 3 unspecified atom stereocenters. The molecule has 1 fully saturated rings. The van der Waals surface area contributed by atoms with Crippen molar-refractivity contribution in [3.63, 3.8) is 0 Å². The summed E-state index contributed by atoms with van der Waals surface area (Å²) in [4.78, 5) is 23.6. The molecular weight excluding hydrogens is 270 g/mol. The molecule has 0 radical (unpaired) electrons. The van der Waals surface area contributed by atoms with Crippen LogP contribution in [0.1, 0.15) is 37.3 Å². The Morgan fingerprint density at radius 3 is 2.33 bits per heavy atom. The fourth-order valence-corrected chi connectivity index (χ4v) is 2.94. The molecule has 3 atom stereocenters. The number of amides is 1. The van der Waals surface area contributed by atoms with Gasteiger partial charge in [-0.1, -0.05) is 43.2 Å². The van der Waals surface area contributed by atoms with Crippen molar-refractivity contribution in [2.45, 2.75) is 31.7 Å². The minimum absolute atomic E-state index is 0.208. The maximum absolute atomic E-state index is 12.4. The van der Waals surface area contributed by atoms with E-state index in [1.165, 1.54) is 0 Å². The van der Waals surface area contributed by atoms with Gasteiger partial charge in [0.25, 0.3) is 0 Å². The molecule has 0 saturated heterocycles. The van der Waals surface area contributed by atoms with Crippen molar-refractivity contribution in [2.24, 2.45) is 11.8 Å². The SMILES string of the molecule is O=C(O)C1CCCCC1C(=O)NC(CO)c1ccccc1. The zero-order valence-electron chi connectivity index (χ0n) is 11.9. The Bertz CT molecular complexity index is 488. The normalized spacial score (nSPS) is 23.3. The zero-order valence-corrected chi connectivity index (χ0v) is 11.9. The van der Waals surface area contributed by atoms with E-state index in [4.69, 9.17) is 0 Å². The fraction of sp³-hybridized carbons (Fsp3) is 0.500. The molecule has 5 heteroatoms. The highest BCUT2D eigenvalue weighted by Gasteiger charge is 2.36. The molecule has 1 aromatic rings. The molecule has 1 aliphatic rings. The molecule has 0 aliphatic heterocycles. The van der Waals surface area contributed by atoms with Gasteiger partial charge >= 0.3 is 5.97 Å². The van der Waals surface area contributed by atoms with Gasteiger partial charge in [-0.2, -0.15) is 0 Å². The Balaban J connectivity index is 2.06. The highest BCUT2D eigenvalue weighted by Crippen LogP contribution is 2.31. The Kier molecular flexibility index (Phi) is 5.33. The predicted molar refractivity (Wildman–Crippen MR) is 77.5 cm³/mol. The van der Waals surface area contributed by atoms with Crippen molar-refractivity contribution in [1.29, 1.82) is 0 Å². The maximum Gasteiger partial charge on any atom is 0.307 e. The lowest BCUT2D eigenvalue weighted by Gasteiger charge is -2.29. The van der Waals surface area contributed by atoms with Crippen LogP contribution < -0.4 is 5.32 Å². The first-order valence-corrected chi connectivity index (χ1v) is 7.32. The molecule has 0 spiro atoms. The van der Waals surface area contributed by atoms with Crippen LogP contribution in [0.15, 0.2) is 30.3 Å². The molecule has 3 N–H and O–H groups in total. The van der Waals surface area contributed by atoms with Gasteiger partial charge in [0.15, 0.2) is 0 Å². The number of rotatable bonds is 5. The first kappa shape index (κ1) is 15.5. The second-order valence-electron chi connectivity index (χ2n) is 5.49. The molecule has 5 nitrogen and oxygen atoms in total. The Labute approximate surface area is 124 Å². The summed E-state index contributed by atoms with van der Waals surface area (Å²) in [5, 5.41) is 21.5. The van der Waals surface area contributed by atoms with Gasteiger partial charge in [0.05, 0.1) is 24.5 Å². The fourth-order valence-electron chi connectivity index (χ4n) is 2.94. The summed E-state index contributed by atoms with van der Waals surface area (Å²) >= 11 is 0. The molecule has 0 bridgehead atoms. The van der Waals surface area contributed by atoms with Gasteiger partial charge in [-0.05, 0) is 18.4 Å². The van der Waals surface area contributed by atoms with Gasteiger partial charge in [0.1, 0.15) is 0 Å². The van der Waals surface area contributed by atoms with E-state index in [-0.39, 0.29) is 12.5 Å². The lowest BCUT2D eigenvalue weighted by Crippen LogP contribution is -2.42. The molecular formula is C16H21NO4. The van der Waals surface area contributed by atoms with Crippen LogP contribution in [0.5, 0.6) is 0 Å². The van der Waals surface area contributed by atoms with Gasteiger partial charge in [-0.15, -0.1) is 0 Å². The number of carbonyl (C=O) groups is 2. The summed E-state index contributed by atoms with van der Waals surface area (Å²) < 4.78 is 0. The van der Waals surface area contributed by atoms with Crippen LogP contribution in [-0.2, 0) is 9.59 Å². The van der Waals surface area contributed by atoms with E-state index >= 15 is 0 Å². The monoisotopic (exact) mass is 291 g/mol. The Hall–Kier alpha value is -1.88. The van der Waals surface area contributed by atoms with Gasteiger partial charge < -0.3 is 15.5 Å². The number of nitrogens with one attached hydrogen (secondary N) is 1. The van der Waals surface area contributed by atoms with Crippen LogP contribution in [0.2, 0.25) is 0 Å². The van der Waals surface area contributed by atoms with Gasteiger partial charge in [-0.3, -0.25) is 9.59 Å². The Morgan fingerprint density at radius 2 is 1.76 bits per heavy atom. The van der Waals surface area contributed by atoms with E-state index in [1.807, 2.05) is 30.3 Å². The molecule has 2 rings (SSSR count). The lowest BCUT2D eigenvalue weighted by molar-refractivity contribution is -0.149. The summed E-state index contributed by atoms with van der Waals surface area (Å²) in [5.74, 6) is -2.30. The molecule has 1 amide bonds. The van der Waals surface area contributed by atoms with Crippen molar-refractivity contribution in [3.8, 4) is 0 Å². The van der Waals surface area contributed by atoms with Gasteiger partial charge in [0, 0.05) is 0 Å². The van der Waals surface area contributed by atoms with Crippen molar-refractivity contribution >= 4 is 11.9 Å². The van der Waals surface area contributed by atoms with E-state index in [2.05, 4.69) is 5.32 Å². The number of aliphatic carboxylic acids is 1. The predicted octanol–water partition coefficient (Wildman–Crippen LogP) is 1.73. The number of aliphatic hydroxyl groups is 1. The maximum atomic E-state index is 12.4. The molecule has 0 aromatic heterocycles. The van der Waals surface area contributed by atoms with Crippen LogP contribution in [0.25, 0.3) is 0 Å². The molecule has 0 heterocycles. The number of carboxylic acids is 1. The first-order valence-electron chi connectivity index (χ1n) is 7.32. The standard InChI is InChI=1S/C16H21NO4/c18-10-14(11-6-2-1-3-7-11)17-15(19)12-8-4-5-9-13(12)16(20)21/h1-3,6-7,12-14,18H,4-5,8-10H2,(H,17,19)(H,20,21). The summed E-state index contributed by atoms with van der Waals surface area (Å²) in [5.41, 5.74) is 0.816. The van der Waals surface area contributed by atoms with E-state index in [9.17, 15) is 19.8 Å². The average molecular weight is 291 g/mol. The van der Waals surface area contributed by atoms with Crippen LogP contribution in [0.3, 0.4) is 0 Å². The van der Waals surface area contributed by atoms with Gasteiger partial charge in [-0.25, -0.2) is 0 Å². The minimum Gasteiger partial charge on any atom is -0.481 e. The molecule has 1 aliphatic carbocycles. The number of hydrogen-bond acceptors (Lipinski definition) is 3. The third kappa shape index (κ3) is 3.82. The smallest absolute Gasteiger partial charge is 0.307 e. The van der Waals surface area contributed by atoms with Crippen LogP contribution in [-0.4, -0.2) is 28.7 Å². The first-order chi connectivity index (χ1) is 10.1. The minimum atomic E-state index is -0.907. The van der Waals surface area contributed by atoms with Crippen molar-refractivity contribution in [2.75, 3.05) is 6.61 Å². The Morgan fingerprint density at radius 1 is 1.14 bits per heavy atom.